The Balaban J connectivity index is 1.88. The summed E-state index contributed by atoms with van der Waals surface area (Å²) in [5.41, 5.74) is 1.62. The van der Waals surface area contributed by atoms with E-state index in [0.29, 0.717) is 17.8 Å². The van der Waals surface area contributed by atoms with Gasteiger partial charge in [0.2, 0.25) is 5.91 Å². The Morgan fingerprint density at radius 2 is 2.20 bits per heavy atom. The molecule has 2 aromatic rings. The Morgan fingerprint density at radius 3 is 2.83 bits per heavy atom. The third kappa shape index (κ3) is 5.54. The number of rotatable bonds is 7. The van der Waals surface area contributed by atoms with Crippen molar-refractivity contribution < 1.29 is 18.0 Å². The van der Waals surface area contributed by atoms with Crippen molar-refractivity contribution in [1.82, 2.24) is 9.97 Å². The second kappa shape index (κ2) is 9.53. The van der Waals surface area contributed by atoms with Crippen LogP contribution in [0, 0.1) is 5.92 Å². The average Bonchev–Trinajstić information content (AvgIpc) is 3.13. The van der Waals surface area contributed by atoms with Crippen molar-refractivity contribution in [1.29, 1.82) is 0 Å². The standard InChI is InChI=1S/C20H23ClN4O4S/c1-29-25-15-5-3-13(9-15)10-16(20(26)24-19-12-22-7-8-23-19)14-4-6-18(17(21)11-14)30(2,27)28/h4,6-8,11-13,16H,3,5,9-10H2,1-2H3,(H,23,24,26)/b25-15-/t13-,16?/m1/s1. The van der Waals surface area contributed by atoms with Gasteiger partial charge in [0.15, 0.2) is 15.7 Å². The van der Waals surface area contributed by atoms with Crippen molar-refractivity contribution in [2.45, 2.75) is 36.5 Å². The lowest BCUT2D eigenvalue weighted by atomic mass is 9.87. The fraction of sp³-hybridized carbons (Fsp3) is 0.400. The SMILES string of the molecule is CO/N=C1/CC[C@@H](CC(C(=O)Nc2cnccn2)c2ccc(S(C)(=O)=O)c(Cl)c2)C1. The van der Waals surface area contributed by atoms with Crippen molar-refractivity contribution >= 4 is 38.9 Å². The fourth-order valence-electron chi connectivity index (χ4n) is 3.66. The van der Waals surface area contributed by atoms with Crippen molar-refractivity contribution in [2.75, 3.05) is 18.7 Å². The summed E-state index contributed by atoms with van der Waals surface area (Å²) < 4.78 is 23.8. The summed E-state index contributed by atoms with van der Waals surface area (Å²) in [5.74, 6) is -0.204. The number of aromatic nitrogens is 2. The largest absolute Gasteiger partial charge is 0.399 e. The second-order valence-electron chi connectivity index (χ2n) is 7.28. The van der Waals surface area contributed by atoms with E-state index in [1.54, 1.807) is 12.1 Å². The Morgan fingerprint density at radius 1 is 1.40 bits per heavy atom. The van der Waals surface area contributed by atoms with Crippen LogP contribution < -0.4 is 5.32 Å². The summed E-state index contributed by atoms with van der Waals surface area (Å²) in [6, 6.07) is 4.64. The highest BCUT2D eigenvalue weighted by molar-refractivity contribution is 7.90. The lowest BCUT2D eigenvalue weighted by molar-refractivity contribution is -0.118. The van der Waals surface area contributed by atoms with Crippen LogP contribution >= 0.6 is 11.6 Å². The first kappa shape index (κ1) is 22.2. The molecule has 160 valence electrons. The molecule has 1 saturated carbocycles. The van der Waals surface area contributed by atoms with Gasteiger partial charge < -0.3 is 10.2 Å². The zero-order valence-corrected chi connectivity index (χ0v) is 18.3. The topological polar surface area (TPSA) is 111 Å². The number of hydrogen-bond acceptors (Lipinski definition) is 7. The highest BCUT2D eigenvalue weighted by Crippen LogP contribution is 2.36. The first-order valence-electron chi connectivity index (χ1n) is 9.43. The molecule has 0 saturated heterocycles. The van der Waals surface area contributed by atoms with E-state index in [-0.39, 0.29) is 21.7 Å². The number of carbonyl (C=O) groups excluding carboxylic acids is 1. The summed E-state index contributed by atoms with van der Waals surface area (Å²) in [6.07, 6.45) is 8.60. The van der Waals surface area contributed by atoms with Gasteiger partial charge in [-0.1, -0.05) is 22.8 Å². The highest BCUT2D eigenvalue weighted by atomic mass is 35.5. The van der Waals surface area contributed by atoms with Gasteiger partial charge in [-0.25, -0.2) is 13.4 Å². The van der Waals surface area contributed by atoms with E-state index in [1.807, 2.05) is 0 Å². The molecule has 0 spiro atoms. The molecule has 1 fully saturated rings. The molecule has 2 atom stereocenters. The lowest BCUT2D eigenvalue weighted by Crippen LogP contribution is -2.24. The lowest BCUT2D eigenvalue weighted by Gasteiger charge is -2.21. The van der Waals surface area contributed by atoms with E-state index < -0.39 is 15.8 Å². The van der Waals surface area contributed by atoms with Gasteiger partial charge in [0.25, 0.3) is 0 Å². The molecule has 1 aliphatic rings. The zero-order chi connectivity index (χ0) is 21.7. The van der Waals surface area contributed by atoms with Crippen LogP contribution in [0.15, 0.2) is 46.8 Å². The Labute approximate surface area is 180 Å². The summed E-state index contributed by atoms with van der Waals surface area (Å²) in [5, 5.41) is 6.91. The summed E-state index contributed by atoms with van der Waals surface area (Å²) in [6.45, 7) is 0. The number of carbonyl (C=O) groups is 1. The van der Waals surface area contributed by atoms with Crippen molar-refractivity contribution in [2.24, 2.45) is 11.1 Å². The van der Waals surface area contributed by atoms with Gasteiger partial charge in [0.1, 0.15) is 7.11 Å². The van der Waals surface area contributed by atoms with Crippen LogP contribution in [-0.2, 0) is 19.5 Å². The smallest absolute Gasteiger partial charge is 0.233 e. The summed E-state index contributed by atoms with van der Waals surface area (Å²) in [7, 11) is -1.94. The average molecular weight is 451 g/mol. The van der Waals surface area contributed by atoms with Crippen molar-refractivity contribution in [3.05, 3.63) is 47.4 Å². The number of hydrogen-bond donors (Lipinski definition) is 1. The van der Waals surface area contributed by atoms with E-state index in [1.165, 1.54) is 31.8 Å². The molecule has 1 N–H and O–H groups in total. The monoisotopic (exact) mass is 450 g/mol. The van der Waals surface area contributed by atoms with Crippen molar-refractivity contribution in [3.8, 4) is 0 Å². The first-order chi connectivity index (χ1) is 14.3. The molecule has 3 rings (SSSR count). The molecule has 0 bridgehead atoms. The van der Waals surface area contributed by atoms with Gasteiger partial charge in [-0.3, -0.25) is 9.78 Å². The fourth-order valence-corrected chi connectivity index (χ4v) is 5.00. The number of sulfone groups is 1. The number of nitrogens with zero attached hydrogens (tertiary/aromatic N) is 3. The predicted molar refractivity (Wildman–Crippen MR) is 114 cm³/mol. The zero-order valence-electron chi connectivity index (χ0n) is 16.7. The third-order valence-corrected chi connectivity index (χ3v) is 6.62. The van der Waals surface area contributed by atoms with Crippen LogP contribution in [0.2, 0.25) is 5.02 Å². The maximum absolute atomic E-state index is 13.1. The number of benzene rings is 1. The number of nitrogens with one attached hydrogen (secondary N) is 1. The number of amides is 1. The van der Waals surface area contributed by atoms with E-state index in [4.69, 9.17) is 16.4 Å². The van der Waals surface area contributed by atoms with Crippen LogP contribution in [0.4, 0.5) is 5.82 Å². The van der Waals surface area contributed by atoms with E-state index >= 15 is 0 Å². The minimum absolute atomic E-state index is 0.0383. The molecule has 1 heterocycles. The molecular formula is C20H23ClN4O4S. The van der Waals surface area contributed by atoms with Crippen LogP contribution in [0.3, 0.4) is 0 Å². The molecule has 1 aliphatic carbocycles. The first-order valence-corrected chi connectivity index (χ1v) is 11.7. The van der Waals surface area contributed by atoms with E-state index in [2.05, 4.69) is 20.4 Å². The van der Waals surface area contributed by atoms with Gasteiger partial charge in [-0.15, -0.1) is 0 Å². The minimum atomic E-state index is -3.46. The molecule has 0 aliphatic heterocycles. The van der Waals surface area contributed by atoms with E-state index in [9.17, 15) is 13.2 Å². The summed E-state index contributed by atoms with van der Waals surface area (Å²) >= 11 is 6.24. The maximum Gasteiger partial charge on any atom is 0.233 e. The van der Waals surface area contributed by atoms with Crippen molar-refractivity contribution in [3.63, 3.8) is 0 Å². The molecule has 1 amide bonds. The van der Waals surface area contributed by atoms with E-state index in [0.717, 1.165) is 31.2 Å². The third-order valence-electron chi connectivity index (χ3n) is 5.04. The van der Waals surface area contributed by atoms with Gasteiger partial charge in [-0.05, 0) is 49.3 Å². The van der Waals surface area contributed by atoms with Crippen LogP contribution in [0.25, 0.3) is 0 Å². The van der Waals surface area contributed by atoms with Crippen LogP contribution in [0.1, 0.15) is 37.2 Å². The Kier molecular flexibility index (Phi) is 7.04. The number of oxime groups is 1. The second-order valence-corrected chi connectivity index (χ2v) is 9.67. The molecule has 10 heteroatoms. The summed E-state index contributed by atoms with van der Waals surface area (Å²) in [4.78, 5) is 26.1. The highest BCUT2D eigenvalue weighted by Gasteiger charge is 2.30. The van der Waals surface area contributed by atoms with Gasteiger partial charge >= 0.3 is 0 Å². The minimum Gasteiger partial charge on any atom is -0.399 e. The molecule has 8 nitrogen and oxygen atoms in total. The maximum atomic E-state index is 13.1. The number of halogens is 1. The predicted octanol–water partition coefficient (Wildman–Crippen LogP) is 3.45. The molecule has 1 aromatic heterocycles. The van der Waals surface area contributed by atoms with Gasteiger partial charge in [0, 0.05) is 18.6 Å². The van der Waals surface area contributed by atoms with Gasteiger partial charge in [-0.2, -0.15) is 0 Å². The van der Waals surface area contributed by atoms with Gasteiger partial charge in [0.05, 0.1) is 27.7 Å². The molecular weight excluding hydrogens is 428 g/mol. The molecule has 0 radical (unpaired) electrons. The number of anilines is 1. The quantitative estimate of drug-likeness (QED) is 0.647. The Bertz CT molecular complexity index is 1040. The molecule has 1 aromatic carbocycles. The van der Waals surface area contributed by atoms with Crippen LogP contribution in [-0.4, -0.2) is 43.4 Å². The molecule has 1 unspecified atom stereocenters. The Hall–Kier alpha value is -2.52. The molecule has 30 heavy (non-hydrogen) atoms. The normalized spacial score (nSPS) is 18.9. The van der Waals surface area contributed by atoms with Crippen LogP contribution in [0.5, 0.6) is 0 Å².